The van der Waals surface area contributed by atoms with Gasteiger partial charge >= 0.3 is 0 Å². The second-order valence-electron chi connectivity index (χ2n) is 7.41. The van der Waals surface area contributed by atoms with Gasteiger partial charge in [0.05, 0.1) is 0 Å². The summed E-state index contributed by atoms with van der Waals surface area (Å²) >= 11 is 1.74. The first-order valence-corrected chi connectivity index (χ1v) is 10.7. The summed E-state index contributed by atoms with van der Waals surface area (Å²) in [6, 6.07) is 16.7. The Kier molecular flexibility index (Phi) is 5.91. The van der Waals surface area contributed by atoms with Gasteiger partial charge in [0.15, 0.2) is 0 Å². The summed E-state index contributed by atoms with van der Waals surface area (Å²) in [5, 5.41) is 2.56. The maximum absolute atomic E-state index is 13.8. The van der Waals surface area contributed by atoms with Gasteiger partial charge < -0.3 is 5.32 Å². The second kappa shape index (κ2) is 8.78. The zero-order valence-electron chi connectivity index (χ0n) is 17.0. The van der Waals surface area contributed by atoms with Crippen molar-refractivity contribution in [2.45, 2.75) is 19.8 Å². The number of hydrogen-bond acceptors (Lipinski definition) is 3. The van der Waals surface area contributed by atoms with Crippen LogP contribution in [0.25, 0.3) is 21.6 Å². The van der Waals surface area contributed by atoms with Gasteiger partial charge in [0, 0.05) is 33.4 Å². The maximum Gasteiger partial charge on any atom is 0.261 e. The molecule has 0 unspecified atom stereocenters. The number of carbonyl (C=O) groups is 1. The summed E-state index contributed by atoms with van der Waals surface area (Å²) in [6.07, 6.45) is 3.60. The average Bonchev–Trinajstić information content (AvgIpc) is 3.21. The van der Waals surface area contributed by atoms with Crippen molar-refractivity contribution in [3.63, 3.8) is 0 Å². The molecule has 2 heterocycles. The molecule has 3 nitrogen and oxygen atoms in total. The van der Waals surface area contributed by atoms with Gasteiger partial charge in [-0.3, -0.25) is 9.78 Å². The maximum atomic E-state index is 13.8. The fourth-order valence-corrected chi connectivity index (χ4v) is 4.53. The summed E-state index contributed by atoms with van der Waals surface area (Å²) in [5.74, 6) is -2.26. The molecule has 156 valence electrons. The summed E-state index contributed by atoms with van der Waals surface area (Å²) in [5.41, 5.74) is 3.07. The van der Waals surface area contributed by atoms with E-state index < -0.39 is 23.1 Å². The fraction of sp³-hybridized carbons (Fsp3) is 0.120. The highest BCUT2D eigenvalue weighted by Gasteiger charge is 2.18. The molecule has 0 saturated carbocycles. The van der Waals surface area contributed by atoms with Gasteiger partial charge in [-0.05, 0) is 53.4 Å². The van der Waals surface area contributed by atoms with Gasteiger partial charge in [0.25, 0.3) is 5.91 Å². The van der Waals surface area contributed by atoms with E-state index in [0.717, 1.165) is 33.7 Å². The Morgan fingerprint density at radius 2 is 1.68 bits per heavy atom. The standard InChI is InChI=1S/C25H20F2N2OS/c1-15(2)24-19(13-22(31-24)17-5-4-12-28-14-17)16-8-10-18(11-9-16)29-25(30)23-20(26)6-3-7-21(23)27/h3-15H,1-2H3,(H,29,30). The number of pyridine rings is 1. The molecular weight excluding hydrogens is 414 g/mol. The van der Waals surface area contributed by atoms with E-state index in [1.54, 1.807) is 29.7 Å². The Morgan fingerprint density at radius 1 is 0.968 bits per heavy atom. The molecule has 31 heavy (non-hydrogen) atoms. The van der Waals surface area contributed by atoms with E-state index in [1.807, 2.05) is 30.5 Å². The highest BCUT2D eigenvalue weighted by atomic mass is 32.1. The normalized spacial score (nSPS) is 11.0. The Morgan fingerprint density at radius 3 is 2.29 bits per heavy atom. The second-order valence-corrected chi connectivity index (χ2v) is 8.50. The van der Waals surface area contributed by atoms with Crippen molar-refractivity contribution in [2.24, 2.45) is 0 Å². The van der Waals surface area contributed by atoms with E-state index in [0.29, 0.717) is 11.6 Å². The van der Waals surface area contributed by atoms with E-state index in [9.17, 15) is 13.6 Å². The zero-order valence-corrected chi connectivity index (χ0v) is 17.8. The van der Waals surface area contributed by atoms with Crippen molar-refractivity contribution in [1.29, 1.82) is 0 Å². The molecule has 6 heteroatoms. The smallest absolute Gasteiger partial charge is 0.261 e. The average molecular weight is 435 g/mol. The molecule has 4 rings (SSSR count). The molecule has 0 fully saturated rings. The molecule has 0 bridgehead atoms. The number of anilines is 1. The number of benzene rings is 2. The van der Waals surface area contributed by atoms with Crippen LogP contribution < -0.4 is 5.32 Å². The first-order valence-electron chi connectivity index (χ1n) is 9.84. The zero-order chi connectivity index (χ0) is 22.0. The van der Waals surface area contributed by atoms with Crippen LogP contribution in [0.15, 0.2) is 73.1 Å². The Bertz CT molecular complexity index is 1200. The Balaban J connectivity index is 1.61. The lowest BCUT2D eigenvalue weighted by molar-refractivity contribution is 0.101. The number of amides is 1. The number of halogens is 2. The predicted octanol–water partition coefficient (Wildman–Crippen LogP) is 7.13. The van der Waals surface area contributed by atoms with Crippen molar-refractivity contribution in [2.75, 3.05) is 5.32 Å². The van der Waals surface area contributed by atoms with Crippen LogP contribution in [0, 0.1) is 11.6 Å². The summed E-state index contributed by atoms with van der Waals surface area (Å²) in [6.45, 7) is 4.31. The number of nitrogens with one attached hydrogen (secondary N) is 1. The molecule has 0 aliphatic heterocycles. The highest BCUT2D eigenvalue weighted by molar-refractivity contribution is 7.16. The molecule has 0 saturated heterocycles. The van der Waals surface area contributed by atoms with Crippen LogP contribution in [-0.4, -0.2) is 10.9 Å². The molecular formula is C25H20F2N2OS. The molecule has 0 aliphatic carbocycles. The Hall–Kier alpha value is -3.38. The van der Waals surface area contributed by atoms with Crippen LogP contribution >= 0.6 is 11.3 Å². The number of carbonyl (C=O) groups excluding carboxylic acids is 1. The van der Waals surface area contributed by atoms with Crippen LogP contribution in [0.3, 0.4) is 0 Å². The lowest BCUT2D eigenvalue weighted by Gasteiger charge is -2.10. The minimum Gasteiger partial charge on any atom is -0.322 e. The van der Waals surface area contributed by atoms with E-state index in [2.05, 4.69) is 30.2 Å². The van der Waals surface area contributed by atoms with Crippen LogP contribution in [0.4, 0.5) is 14.5 Å². The molecule has 0 spiro atoms. The molecule has 0 aliphatic rings. The summed E-state index contributed by atoms with van der Waals surface area (Å²) in [4.78, 5) is 18.9. The minimum absolute atomic E-state index is 0.342. The van der Waals surface area contributed by atoms with Crippen molar-refractivity contribution >= 4 is 22.9 Å². The predicted molar refractivity (Wildman–Crippen MR) is 121 cm³/mol. The third-order valence-electron chi connectivity index (χ3n) is 4.87. The SMILES string of the molecule is CC(C)c1sc(-c2cccnc2)cc1-c1ccc(NC(=O)c2c(F)cccc2F)cc1. The molecule has 1 N–H and O–H groups in total. The molecule has 1 amide bonds. The number of aromatic nitrogens is 1. The van der Waals surface area contributed by atoms with Gasteiger partial charge in [-0.25, -0.2) is 8.78 Å². The van der Waals surface area contributed by atoms with Crippen LogP contribution in [0.1, 0.15) is 35.0 Å². The molecule has 4 aromatic rings. The molecule has 2 aromatic heterocycles. The number of nitrogens with zero attached hydrogens (tertiary/aromatic N) is 1. The summed E-state index contributed by atoms with van der Waals surface area (Å²) in [7, 11) is 0. The van der Waals surface area contributed by atoms with Gasteiger partial charge in [0.2, 0.25) is 0 Å². The highest BCUT2D eigenvalue weighted by Crippen LogP contribution is 2.41. The summed E-state index contributed by atoms with van der Waals surface area (Å²) < 4.78 is 27.7. The monoisotopic (exact) mass is 434 g/mol. The lowest BCUT2D eigenvalue weighted by Crippen LogP contribution is -2.15. The van der Waals surface area contributed by atoms with Crippen molar-refractivity contribution in [3.8, 4) is 21.6 Å². The van der Waals surface area contributed by atoms with Crippen molar-refractivity contribution in [3.05, 3.63) is 95.1 Å². The molecule has 0 atom stereocenters. The van der Waals surface area contributed by atoms with Gasteiger partial charge in [-0.15, -0.1) is 11.3 Å². The van der Waals surface area contributed by atoms with E-state index >= 15 is 0 Å². The van der Waals surface area contributed by atoms with Crippen LogP contribution in [-0.2, 0) is 0 Å². The van der Waals surface area contributed by atoms with Gasteiger partial charge in [-0.1, -0.05) is 38.1 Å². The van der Waals surface area contributed by atoms with Crippen LogP contribution in [0.2, 0.25) is 0 Å². The van der Waals surface area contributed by atoms with Crippen molar-refractivity contribution < 1.29 is 13.6 Å². The number of hydrogen-bond donors (Lipinski definition) is 1. The third kappa shape index (κ3) is 4.39. The number of rotatable bonds is 5. The van der Waals surface area contributed by atoms with Gasteiger partial charge in [0.1, 0.15) is 17.2 Å². The molecule has 2 aromatic carbocycles. The van der Waals surface area contributed by atoms with Crippen LogP contribution in [0.5, 0.6) is 0 Å². The third-order valence-corrected chi connectivity index (χ3v) is 6.36. The lowest BCUT2D eigenvalue weighted by atomic mass is 10.00. The number of thiophene rings is 1. The quantitative estimate of drug-likeness (QED) is 0.363. The first kappa shape index (κ1) is 20.9. The first-order chi connectivity index (χ1) is 14.9. The Labute approximate surface area is 183 Å². The van der Waals surface area contributed by atoms with Gasteiger partial charge in [-0.2, -0.15) is 0 Å². The molecule has 0 radical (unpaired) electrons. The van der Waals surface area contributed by atoms with E-state index in [4.69, 9.17) is 0 Å². The van der Waals surface area contributed by atoms with E-state index in [1.165, 1.54) is 10.9 Å². The topological polar surface area (TPSA) is 42.0 Å². The fourth-order valence-electron chi connectivity index (χ4n) is 3.35. The largest absolute Gasteiger partial charge is 0.322 e. The van der Waals surface area contributed by atoms with Crippen molar-refractivity contribution in [1.82, 2.24) is 4.98 Å². The van der Waals surface area contributed by atoms with E-state index in [-0.39, 0.29) is 0 Å². The minimum atomic E-state index is -0.892.